The first-order chi connectivity index (χ1) is 9.94. The van der Waals surface area contributed by atoms with Crippen molar-refractivity contribution in [1.29, 1.82) is 0 Å². The Labute approximate surface area is 139 Å². The predicted octanol–water partition coefficient (Wildman–Crippen LogP) is 2.01. The molecule has 0 amide bonds. The number of sulfonamides is 1. The fraction of sp³-hybridized carbons (Fsp3) is 0.600. The monoisotopic (exact) mass is 348 g/mol. The molecule has 7 heteroatoms. The minimum atomic E-state index is -3.55. The molecule has 1 atom stereocenters. The van der Waals surface area contributed by atoms with E-state index in [4.69, 9.17) is 4.74 Å². The third-order valence-electron chi connectivity index (χ3n) is 3.83. The second kappa shape index (κ2) is 8.15. The van der Waals surface area contributed by atoms with Crippen molar-refractivity contribution in [2.45, 2.75) is 31.6 Å². The van der Waals surface area contributed by atoms with E-state index in [1.807, 2.05) is 13.0 Å². The lowest BCUT2D eigenvalue weighted by atomic mass is 10.0. The maximum atomic E-state index is 12.6. The van der Waals surface area contributed by atoms with E-state index >= 15 is 0 Å². The van der Waals surface area contributed by atoms with E-state index in [0.717, 1.165) is 31.5 Å². The Morgan fingerprint density at radius 1 is 1.36 bits per heavy atom. The highest BCUT2D eigenvalue weighted by Crippen LogP contribution is 2.28. The van der Waals surface area contributed by atoms with Crippen molar-refractivity contribution < 1.29 is 13.2 Å². The fourth-order valence-electron chi connectivity index (χ4n) is 2.81. The van der Waals surface area contributed by atoms with Crippen LogP contribution < -0.4 is 14.8 Å². The van der Waals surface area contributed by atoms with Crippen molar-refractivity contribution >= 4 is 22.4 Å². The number of benzene rings is 1. The van der Waals surface area contributed by atoms with Crippen LogP contribution >= 0.6 is 12.4 Å². The molecule has 2 rings (SSSR count). The van der Waals surface area contributed by atoms with Crippen LogP contribution in [0.2, 0.25) is 0 Å². The summed E-state index contributed by atoms with van der Waals surface area (Å²) in [6.45, 7) is 6.08. The summed E-state index contributed by atoms with van der Waals surface area (Å²) < 4.78 is 33.1. The van der Waals surface area contributed by atoms with Crippen LogP contribution in [0.15, 0.2) is 17.0 Å². The van der Waals surface area contributed by atoms with Gasteiger partial charge in [-0.3, -0.25) is 0 Å². The largest absolute Gasteiger partial charge is 0.495 e. The molecular weight excluding hydrogens is 324 g/mol. The molecule has 1 aliphatic rings. The van der Waals surface area contributed by atoms with Crippen LogP contribution in [0.3, 0.4) is 0 Å². The number of hydrogen-bond acceptors (Lipinski definition) is 4. The highest BCUT2D eigenvalue weighted by molar-refractivity contribution is 7.89. The number of nitrogens with one attached hydrogen (secondary N) is 2. The lowest BCUT2D eigenvalue weighted by Crippen LogP contribution is -2.38. The minimum absolute atomic E-state index is 0. The minimum Gasteiger partial charge on any atom is -0.495 e. The topological polar surface area (TPSA) is 67.4 Å². The number of hydrogen-bond donors (Lipinski definition) is 2. The highest BCUT2D eigenvalue weighted by Gasteiger charge is 2.24. The average Bonchev–Trinajstić information content (AvgIpc) is 2.45. The Morgan fingerprint density at radius 2 is 2.09 bits per heavy atom. The second-order valence-corrected chi connectivity index (χ2v) is 7.38. The summed E-state index contributed by atoms with van der Waals surface area (Å²) in [5.74, 6) is 0.757. The van der Waals surface area contributed by atoms with Crippen molar-refractivity contribution in [3.63, 3.8) is 0 Å². The molecule has 22 heavy (non-hydrogen) atoms. The Kier molecular flexibility index (Phi) is 7.12. The van der Waals surface area contributed by atoms with Crippen molar-refractivity contribution in [2.24, 2.45) is 5.92 Å². The number of rotatable bonds is 5. The van der Waals surface area contributed by atoms with Gasteiger partial charge in [0.05, 0.1) is 7.11 Å². The number of aryl methyl sites for hydroxylation is 2. The van der Waals surface area contributed by atoms with Crippen LogP contribution in [0.4, 0.5) is 0 Å². The molecule has 1 aromatic rings. The van der Waals surface area contributed by atoms with Crippen molar-refractivity contribution in [2.75, 3.05) is 26.7 Å². The Balaban J connectivity index is 0.00000242. The van der Waals surface area contributed by atoms with Gasteiger partial charge in [0.25, 0.3) is 0 Å². The van der Waals surface area contributed by atoms with E-state index in [1.165, 1.54) is 7.11 Å². The molecule has 1 fully saturated rings. The van der Waals surface area contributed by atoms with Gasteiger partial charge in [-0.2, -0.15) is 0 Å². The number of ether oxygens (including phenoxy) is 1. The first-order valence-corrected chi connectivity index (χ1v) is 8.78. The van der Waals surface area contributed by atoms with Crippen molar-refractivity contribution in [3.05, 3.63) is 23.3 Å². The van der Waals surface area contributed by atoms with E-state index in [0.29, 0.717) is 23.8 Å². The van der Waals surface area contributed by atoms with Crippen LogP contribution in [0, 0.1) is 19.8 Å². The second-order valence-electron chi connectivity index (χ2n) is 5.68. The molecule has 1 aliphatic heterocycles. The number of halogens is 1. The first-order valence-electron chi connectivity index (χ1n) is 7.29. The Hall–Kier alpha value is -0.820. The van der Waals surface area contributed by atoms with Gasteiger partial charge < -0.3 is 10.1 Å². The number of piperidine rings is 1. The molecule has 2 N–H and O–H groups in total. The van der Waals surface area contributed by atoms with E-state index < -0.39 is 10.0 Å². The average molecular weight is 349 g/mol. The van der Waals surface area contributed by atoms with Gasteiger partial charge in [0.1, 0.15) is 10.6 Å². The van der Waals surface area contributed by atoms with Crippen LogP contribution in [-0.4, -0.2) is 35.2 Å². The van der Waals surface area contributed by atoms with Crippen LogP contribution in [0.25, 0.3) is 0 Å². The molecule has 0 aliphatic carbocycles. The van der Waals surface area contributed by atoms with Crippen molar-refractivity contribution in [3.8, 4) is 5.75 Å². The quantitative estimate of drug-likeness (QED) is 0.854. The zero-order chi connectivity index (χ0) is 15.5. The molecular formula is C15H25ClN2O3S. The standard InChI is InChI=1S/C15H24N2O3S.ClH/c1-11-7-12(2)15(14(8-11)20-3)21(18,19)17-10-13-5-4-6-16-9-13;/h7-8,13,16-17H,4-6,9-10H2,1-3H3;1H. The molecule has 1 unspecified atom stereocenters. The zero-order valence-electron chi connectivity index (χ0n) is 13.3. The summed E-state index contributed by atoms with van der Waals surface area (Å²) in [6, 6.07) is 3.61. The van der Waals surface area contributed by atoms with E-state index in [2.05, 4.69) is 10.0 Å². The summed E-state index contributed by atoms with van der Waals surface area (Å²) in [7, 11) is -2.05. The van der Waals surface area contributed by atoms with Gasteiger partial charge >= 0.3 is 0 Å². The summed E-state index contributed by atoms with van der Waals surface area (Å²) >= 11 is 0. The van der Waals surface area contributed by atoms with Crippen LogP contribution in [0.1, 0.15) is 24.0 Å². The molecule has 5 nitrogen and oxygen atoms in total. The normalized spacial score (nSPS) is 18.6. The molecule has 126 valence electrons. The van der Waals surface area contributed by atoms with Gasteiger partial charge in [-0.05, 0) is 62.9 Å². The van der Waals surface area contributed by atoms with Gasteiger partial charge in [-0.15, -0.1) is 12.4 Å². The highest BCUT2D eigenvalue weighted by atomic mass is 35.5. The smallest absolute Gasteiger partial charge is 0.244 e. The van der Waals surface area contributed by atoms with Gasteiger partial charge in [0, 0.05) is 6.54 Å². The zero-order valence-corrected chi connectivity index (χ0v) is 14.9. The molecule has 0 aromatic heterocycles. The third-order valence-corrected chi connectivity index (χ3v) is 5.44. The van der Waals surface area contributed by atoms with Gasteiger partial charge in [-0.1, -0.05) is 6.07 Å². The maximum Gasteiger partial charge on any atom is 0.244 e. The van der Waals surface area contributed by atoms with E-state index in [1.54, 1.807) is 13.0 Å². The number of methoxy groups -OCH3 is 1. The third kappa shape index (κ3) is 4.59. The summed E-state index contributed by atoms with van der Waals surface area (Å²) in [5, 5.41) is 3.29. The lowest BCUT2D eigenvalue weighted by molar-refractivity contribution is 0.374. The molecule has 0 bridgehead atoms. The van der Waals surface area contributed by atoms with Crippen LogP contribution in [-0.2, 0) is 10.0 Å². The SMILES string of the molecule is COc1cc(C)cc(C)c1S(=O)(=O)NCC1CCCNC1.Cl. The van der Waals surface area contributed by atoms with Crippen LogP contribution in [0.5, 0.6) is 5.75 Å². The first kappa shape index (κ1) is 19.2. The summed E-state index contributed by atoms with van der Waals surface area (Å²) in [4.78, 5) is 0.249. The predicted molar refractivity (Wildman–Crippen MR) is 90.5 cm³/mol. The summed E-state index contributed by atoms with van der Waals surface area (Å²) in [6.07, 6.45) is 2.15. The van der Waals surface area contributed by atoms with Gasteiger partial charge in [0.15, 0.2) is 0 Å². The van der Waals surface area contributed by atoms with E-state index in [9.17, 15) is 8.42 Å². The molecule has 1 aromatic carbocycles. The fourth-order valence-corrected chi connectivity index (χ4v) is 4.30. The summed E-state index contributed by atoms with van der Waals surface area (Å²) in [5.41, 5.74) is 1.70. The van der Waals surface area contributed by atoms with Gasteiger partial charge in [-0.25, -0.2) is 13.1 Å². The molecule has 1 heterocycles. The maximum absolute atomic E-state index is 12.6. The van der Waals surface area contributed by atoms with E-state index in [-0.39, 0.29) is 17.3 Å². The molecule has 0 radical (unpaired) electrons. The Morgan fingerprint density at radius 3 is 2.68 bits per heavy atom. The molecule has 0 saturated carbocycles. The molecule has 1 saturated heterocycles. The lowest BCUT2D eigenvalue weighted by Gasteiger charge is -2.23. The molecule has 0 spiro atoms. The van der Waals surface area contributed by atoms with Crippen molar-refractivity contribution in [1.82, 2.24) is 10.0 Å². The van der Waals surface area contributed by atoms with Gasteiger partial charge in [0.2, 0.25) is 10.0 Å². The Bertz CT molecular complexity index is 599.